The normalized spacial score (nSPS) is 12.9. The molecule has 13 heavy (non-hydrogen) atoms. The predicted octanol–water partition coefficient (Wildman–Crippen LogP) is 0.471. The molecule has 0 spiro atoms. The molecule has 0 fully saturated rings. The van der Waals surface area contributed by atoms with Crippen LogP contribution in [-0.2, 0) is 14.8 Å². The minimum absolute atomic E-state index is 0.153. The zero-order chi connectivity index (χ0) is 10.3. The molecule has 0 atom stereocenters. The van der Waals surface area contributed by atoms with Crippen molar-refractivity contribution in [2.75, 3.05) is 33.6 Å². The van der Waals surface area contributed by atoms with Crippen LogP contribution in [0.2, 0.25) is 0 Å². The number of rotatable bonds is 6. The molecular formula is C8H17NO3S. The van der Waals surface area contributed by atoms with E-state index < -0.39 is 10.0 Å². The fraction of sp³-hybridized carbons (Fsp3) is 0.750. The smallest absolute Gasteiger partial charge is 0.213 e. The second kappa shape index (κ2) is 6.12. The molecule has 0 rings (SSSR count). The van der Waals surface area contributed by atoms with E-state index >= 15 is 0 Å². The van der Waals surface area contributed by atoms with Crippen LogP contribution in [0, 0.1) is 0 Å². The SMILES string of the molecule is COCC=CCCS(=O)(=O)N(C)C. The number of hydrogen-bond donors (Lipinski definition) is 0. The molecule has 0 aliphatic heterocycles. The Morgan fingerprint density at radius 1 is 1.31 bits per heavy atom. The lowest BCUT2D eigenvalue weighted by molar-refractivity contribution is 0.233. The zero-order valence-corrected chi connectivity index (χ0v) is 9.17. The predicted molar refractivity (Wildman–Crippen MR) is 53.1 cm³/mol. The number of hydrogen-bond acceptors (Lipinski definition) is 3. The number of allylic oxidation sites excluding steroid dienone is 1. The molecule has 0 aromatic carbocycles. The average Bonchev–Trinajstić information content (AvgIpc) is 2.03. The minimum Gasteiger partial charge on any atom is -0.381 e. The molecule has 0 aromatic heterocycles. The summed E-state index contributed by atoms with van der Waals surface area (Å²) in [5.74, 6) is 0.153. The van der Waals surface area contributed by atoms with Gasteiger partial charge in [0.15, 0.2) is 0 Å². The van der Waals surface area contributed by atoms with Crippen LogP contribution in [0.3, 0.4) is 0 Å². The Labute approximate surface area is 80.2 Å². The molecule has 0 aliphatic rings. The van der Waals surface area contributed by atoms with E-state index in [2.05, 4.69) is 0 Å². The van der Waals surface area contributed by atoms with E-state index in [1.165, 1.54) is 18.4 Å². The first-order valence-corrected chi connectivity index (χ1v) is 5.65. The van der Waals surface area contributed by atoms with E-state index in [0.29, 0.717) is 13.0 Å². The summed E-state index contributed by atoms with van der Waals surface area (Å²) in [6.07, 6.45) is 4.15. The van der Waals surface area contributed by atoms with Crippen LogP contribution in [0.1, 0.15) is 6.42 Å². The Kier molecular flexibility index (Phi) is 5.94. The lowest BCUT2D eigenvalue weighted by Gasteiger charge is -2.09. The first kappa shape index (κ1) is 12.6. The fourth-order valence-corrected chi connectivity index (χ4v) is 1.48. The quantitative estimate of drug-likeness (QED) is 0.595. The highest BCUT2D eigenvalue weighted by molar-refractivity contribution is 7.89. The van der Waals surface area contributed by atoms with Gasteiger partial charge in [-0.3, -0.25) is 0 Å². The summed E-state index contributed by atoms with van der Waals surface area (Å²) in [5.41, 5.74) is 0. The van der Waals surface area contributed by atoms with E-state index in [4.69, 9.17) is 4.74 Å². The molecule has 0 unspecified atom stereocenters. The molecule has 0 aliphatic carbocycles. The maximum atomic E-state index is 11.2. The van der Waals surface area contributed by atoms with Gasteiger partial charge in [-0.15, -0.1) is 0 Å². The number of methoxy groups -OCH3 is 1. The Morgan fingerprint density at radius 3 is 2.38 bits per heavy atom. The fourth-order valence-electron chi connectivity index (χ4n) is 0.682. The van der Waals surface area contributed by atoms with Crippen LogP contribution in [0.25, 0.3) is 0 Å². The maximum Gasteiger partial charge on any atom is 0.213 e. The first-order chi connectivity index (χ1) is 6.00. The van der Waals surface area contributed by atoms with Gasteiger partial charge in [0, 0.05) is 21.2 Å². The molecule has 0 aromatic rings. The molecule has 0 heterocycles. The van der Waals surface area contributed by atoms with Crippen molar-refractivity contribution in [1.29, 1.82) is 0 Å². The third-order valence-electron chi connectivity index (χ3n) is 1.53. The highest BCUT2D eigenvalue weighted by atomic mass is 32.2. The average molecular weight is 207 g/mol. The number of nitrogens with zero attached hydrogens (tertiary/aromatic N) is 1. The molecule has 0 N–H and O–H groups in total. The molecule has 78 valence electrons. The minimum atomic E-state index is -3.04. The second-order valence-electron chi connectivity index (χ2n) is 2.81. The lowest BCUT2D eigenvalue weighted by Crippen LogP contribution is -2.24. The van der Waals surface area contributed by atoms with Gasteiger partial charge in [0.05, 0.1) is 12.4 Å². The van der Waals surface area contributed by atoms with Crippen molar-refractivity contribution in [2.45, 2.75) is 6.42 Å². The Bertz CT molecular complexity index is 244. The first-order valence-electron chi connectivity index (χ1n) is 4.05. The van der Waals surface area contributed by atoms with Crippen molar-refractivity contribution in [1.82, 2.24) is 4.31 Å². The summed E-state index contributed by atoms with van der Waals surface area (Å²) in [6.45, 7) is 0.530. The van der Waals surface area contributed by atoms with E-state index in [1.54, 1.807) is 7.11 Å². The van der Waals surface area contributed by atoms with Gasteiger partial charge in [-0.1, -0.05) is 12.2 Å². The summed E-state index contributed by atoms with van der Waals surface area (Å²) in [4.78, 5) is 0. The van der Waals surface area contributed by atoms with Gasteiger partial charge in [-0.25, -0.2) is 12.7 Å². The highest BCUT2D eigenvalue weighted by Crippen LogP contribution is 1.97. The molecule has 0 amide bonds. The van der Waals surface area contributed by atoms with Gasteiger partial charge in [-0.05, 0) is 6.42 Å². The number of ether oxygens (including phenoxy) is 1. The van der Waals surface area contributed by atoms with Gasteiger partial charge in [0.2, 0.25) is 10.0 Å². The van der Waals surface area contributed by atoms with Crippen LogP contribution >= 0.6 is 0 Å². The molecule has 0 radical (unpaired) electrons. The number of sulfonamides is 1. The monoisotopic (exact) mass is 207 g/mol. The molecular weight excluding hydrogens is 190 g/mol. The molecule has 5 heteroatoms. The summed E-state index contributed by atoms with van der Waals surface area (Å²) < 4.78 is 28.5. The summed E-state index contributed by atoms with van der Waals surface area (Å²) in [5, 5.41) is 0. The van der Waals surface area contributed by atoms with Crippen molar-refractivity contribution in [3.05, 3.63) is 12.2 Å². The summed E-state index contributed by atoms with van der Waals surface area (Å²) >= 11 is 0. The van der Waals surface area contributed by atoms with Crippen molar-refractivity contribution in [3.8, 4) is 0 Å². The van der Waals surface area contributed by atoms with E-state index in [1.807, 2.05) is 12.2 Å². The van der Waals surface area contributed by atoms with Crippen LogP contribution in [0.15, 0.2) is 12.2 Å². The van der Waals surface area contributed by atoms with Gasteiger partial charge in [0.25, 0.3) is 0 Å². The third-order valence-corrected chi connectivity index (χ3v) is 3.39. The van der Waals surface area contributed by atoms with E-state index in [-0.39, 0.29) is 5.75 Å². The molecule has 0 saturated heterocycles. The lowest BCUT2D eigenvalue weighted by atomic mass is 10.4. The van der Waals surface area contributed by atoms with Gasteiger partial charge in [-0.2, -0.15) is 0 Å². The van der Waals surface area contributed by atoms with Crippen molar-refractivity contribution in [3.63, 3.8) is 0 Å². The van der Waals surface area contributed by atoms with Gasteiger partial charge >= 0.3 is 0 Å². The Morgan fingerprint density at radius 2 is 1.92 bits per heavy atom. The van der Waals surface area contributed by atoms with Crippen molar-refractivity contribution >= 4 is 10.0 Å². The van der Waals surface area contributed by atoms with E-state index in [9.17, 15) is 8.42 Å². The summed E-state index contributed by atoms with van der Waals surface area (Å²) in [6, 6.07) is 0. The molecule has 0 saturated carbocycles. The topological polar surface area (TPSA) is 46.6 Å². The zero-order valence-electron chi connectivity index (χ0n) is 8.36. The highest BCUT2D eigenvalue weighted by Gasteiger charge is 2.10. The molecule has 0 bridgehead atoms. The van der Waals surface area contributed by atoms with Crippen molar-refractivity contribution < 1.29 is 13.2 Å². The van der Waals surface area contributed by atoms with Crippen LogP contribution in [-0.4, -0.2) is 46.3 Å². The van der Waals surface area contributed by atoms with Gasteiger partial charge in [0.1, 0.15) is 0 Å². The Hall–Kier alpha value is -0.390. The van der Waals surface area contributed by atoms with Gasteiger partial charge < -0.3 is 4.74 Å². The van der Waals surface area contributed by atoms with Crippen LogP contribution in [0.5, 0.6) is 0 Å². The third kappa shape index (κ3) is 5.79. The maximum absolute atomic E-state index is 11.2. The second-order valence-corrected chi connectivity index (χ2v) is 5.12. The Balaban J connectivity index is 3.77. The summed E-state index contributed by atoms with van der Waals surface area (Å²) in [7, 11) is 1.63. The standard InChI is InChI=1S/C8H17NO3S/c1-9(2)13(10,11)8-6-4-5-7-12-3/h4-5H,6-8H2,1-3H3. The van der Waals surface area contributed by atoms with Crippen LogP contribution < -0.4 is 0 Å². The van der Waals surface area contributed by atoms with Crippen molar-refractivity contribution in [2.24, 2.45) is 0 Å². The van der Waals surface area contributed by atoms with Crippen LogP contribution in [0.4, 0.5) is 0 Å². The largest absolute Gasteiger partial charge is 0.381 e. The molecule has 4 nitrogen and oxygen atoms in total. The van der Waals surface area contributed by atoms with E-state index in [0.717, 1.165) is 0 Å².